The quantitative estimate of drug-likeness (QED) is 0.810. The van der Waals surface area contributed by atoms with Gasteiger partial charge in [-0.3, -0.25) is 0 Å². The molecule has 0 amide bonds. The number of hydrogen-bond donors (Lipinski definition) is 1. The molecule has 0 aliphatic rings. The zero-order chi connectivity index (χ0) is 13.1. The van der Waals surface area contributed by atoms with Gasteiger partial charge >= 0.3 is 0 Å². The Morgan fingerprint density at radius 1 is 0.889 bits per heavy atom. The molecule has 0 bridgehead atoms. The Morgan fingerprint density at radius 3 is 2.28 bits per heavy atom. The average molecular weight is 303 g/mol. The van der Waals surface area contributed by atoms with Gasteiger partial charge in [-0.25, -0.2) is 0 Å². The van der Waals surface area contributed by atoms with Crippen LogP contribution in [0.4, 0.5) is 5.69 Å². The summed E-state index contributed by atoms with van der Waals surface area (Å²) < 4.78 is 5.73. The van der Waals surface area contributed by atoms with E-state index in [1.165, 1.54) is 0 Å². The summed E-state index contributed by atoms with van der Waals surface area (Å²) in [5, 5.41) is 4.69. The smallest absolute Gasteiger partial charge is 0.150 e. The van der Waals surface area contributed by atoms with Crippen molar-refractivity contribution in [1.82, 2.24) is 0 Å². The maximum atomic E-state index is 6.04. The third-order valence-electron chi connectivity index (χ3n) is 2.32. The number of nitrogens with one attached hydrogen (secondary N) is 1. The second kappa shape index (κ2) is 5.70. The summed E-state index contributed by atoms with van der Waals surface area (Å²) in [7, 11) is 1.79. The molecular weight excluding hydrogens is 293 g/mol. The average Bonchev–Trinajstić information content (AvgIpc) is 2.36. The second-order valence-electron chi connectivity index (χ2n) is 3.57. The lowest BCUT2D eigenvalue weighted by molar-refractivity contribution is 0.485. The molecule has 0 radical (unpaired) electrons. The highest BCUT2D eigenvalue weighted by Crippen LogP contribution is 2.36. The van der Waals surface area contributed by atoms with Gasteiger partial charge < -0.3 is 10.1 Å². The van der Waals surface area contributed by atoms with Crippen molar-refractivity contribution < 1.29 is 4.74 Å². The fourth-order valence-corrected chi connectivity index (χ4v) is 1.95. The molecule has 0 fully saturated rings. The van der Waals surface area contributed by atoms with Crippen molar-refractivity contribution in [1.29, 1.82) is 0 Å². The van der Waals surface area contributed by atoms with Crippen LogP contribution in [-0.2, 0) is 0 Å². The minimum atomic E-state index is 0.497. The van der Waals surface area contributed by atoms with Crippen LogP contribution in [0.25, 0.3) is 0 Å². The Kier molecular flexibility index (Phi) is 4.23. The number of rotatable bonds is 3. The molecule has 0 saturated heterocycles. The lowest BCUT2D eigenvalue weighted by Crippen LogP contribution is -1.93. The molecule has 1 N–H and O–H groups in total. The van der Waals surface area contributed by atoms with Gasteiger partial charge in [0.2, 0.25) is 0 Å². The van der Waals surface area contributed by atoms with Gasteiger partial charge in [-0.15, -0.1) is 0 Å². The molecule has 94 valence electrons. The standard InChI is InChI=1S/C13H10Cl3NO/c1-17-11-6-8(14)3-5-12(11)18-13-7-9(15)2-4-10(13)16/h2-7,17H,1H3. The third kappa shape index (κ3) is 3.02. The lowest BCUT2D eigenvalue weighted by atomic mass is 10.3. The Morgan fingerprint density at radius 2 is 1.56 bits per heavy atom. The number of benzene rings is 2. The van der Waals surface area contributed by atoms with Gasteiger partial charge in [-0.2, -0.15) is 0 Å². The number of anilines is 1. The highest BCUT2D eigenvalue weighted by Gasteiger charge is 2.08. The van der Waals surface area contributed by atoms with Gasteiger partial charge in [0.25, 0.3) is 0 Å². The van der Waals surface area contributed by atoms with Crippen LogP contribution < -0.4 is 10.1 Å². The highest BCUT2D eigenvalue weighted by molar-refractivity contribution is 6.34. The van der Waals surface area contributed by atoms with Gasteiger partial charge in [0, 0.05) is 23.2 Å². The number of hydrogen-bond acceptors (Lipinski definition) is 2. The molecule has 0 spiro atoms. The van der Waals surface area contributed by atoms with Crippen LogP contribution in [0.5, 0.6) is 11.5 Å². The van der Waals surface area contributed by atoms with Gasteiger partial charge in [-0.05, 0) is 30.3 Å². The first-order valence-electron chi connectivity index (χ1n) is 5.20. The molecule has 5 heteroatoms. The van der Waals surface area contributed by atoms with Gasteiger partial charge in [0.1, 0.15) is 5.75 Å². The van der Waals surface area contributed by atoms with Crippen molar-refractivity contribution in [2.75, 3.05) is 12.4 Å². The van der Waals surface area contributed by atoms with Crippen LogP contribution >= 0.6 is 34.8 Å². The fraction of sp³-hybridized carbons (Fsp3) is 0.0769. The van der Waals surface area contributed by atoms with Gasteiger partial charge in [0.15, 0.2) is 5.75 Å². The van der Waals surface area contributed by atoms with Crippen LogP contribution in [0.15, 0.2) is 36.4 Å². The molecule has 2 nitrogen and oxygen atoms in total. The second-order valence-corrected chi connectivity index (χ2v) is 4.85. The molecule has 2 aromatic carbocycles. The molecule has 0 aliphatic heterocycles. The zero-order valence-corrected chi connectivity index (χ0v) is 11.8. The van der Waals surface area contributed by atoms with Crippen molar-refractivity contribution in [2.45, 2.75) is 0 Å². The summed E-state index contributed by atoms with van der Waals surface area (Å²) in [6.07, 6.45) is 0. The van der Waals surface area contributed by atoms with Crippen LogP contribution in [0.1, 0.15) is 0 Å². The van der Waals surface area contributed by atoms with E-state index in [-0.39, 0.29) is 0 Å². The maximum absolute atomic E-state index is 6.04. The Labute approximate surface area is 120 Å². The molecule has 2 aromatic rings. The molecule has 0 aliphatic carbocycles. The molecule has 18 heavy (non-hydrogen) atoms. The zero-order valence-electron chi connectivity index (χ0n) is 9.51. The summed E-state index contributed by atoms with van der Waals surface area (Å²) in [6.45, 7) is 0. The Hall–Kier alpha value is -1.09. The first-order chi connectivity index (χ1) is 8.60. The van der Waals surface area contributed by atoms with E-state index in [0.717, 1.165) is 5.69 Å². The molecule has 0 aromatic heterocycles. The molecule has 0 heterocycles. The molecule has 2 rings (SSSR count). The SMILES string of the molecule is CNc1cc(Cl)ccc1Oc1cc(Cl)ccc1Cl. The van der Waals surface area contributed by atoms with E-state index in [4.69, 9.17) is 39.5 Å². The van der Waals surface area contributed by atoms with E-state index >= 15 is 0 Å². The summed E-state index contributed by atoms with van der Waals surface area (Å²) >= 11 is 17.9. The predicted octanol–water partition coefficient (Wildman–Crippen LogP) is 5.48. The van der Waals surface area contributed by atoms with Gasteiger partial charge in [-0.1, -0.05) is 34.8 Å². The van der Waals surface area contributed by atoms with E-state index in [0.29, 0.717) is 26.6 Å². The van der Waals surface area contributed by atoms with Crippen molar-refractivity contribution in [2.24, 2.45) is 0 Å². The van der Waals surface area contributed by atoms with E-state index in [2.05, 4.69) is 5.32 Å². The van der Waals surface area contributed by atoms with Crippen molar-refractivity contribution >= 4 is 40.5 Å². The number of ether oxygens (including phenoxy) is 1. The molecule has 0 atom stereocenters. The minimum absolute atomic E-state index is 0.497. The first-order valence-corrected chi connectivity index (χ1v) is 6.34. The first kappa shape index (κ1) is 13.3. The topological polar surface area (TPSA) is 21.3 Å². The minimum Gasteiger partial charge on any atom is -0.454 e. The maximum Gasteiger partial charge on any atom is 0.150 e. The normalized spacial score (nSPS) is 10.2. The van der Waals surface area contributed by atoms with Crippen molar-refractivity contribution in [3.8, 4) is 11.5 Å². The molecule has 0 saturated carbocycles. The van der Waals surface area contributed by atoms with E-state index in [9.17, 15) is 0 Å². The summed E-state index contributed by atoms with van der Waals surface area (Å²) in [5.74, 6) is 1.13. The highest BCUT2D eigenvalue weighted by atomic mass is 35.5. The summed E-state index contributed by atoms with van der Waals surface area (Å²) in [6, 6.07) is 10.3. The van der Waals surface area contributed by atoms with Crippen LogP contribution in [0.3, 0.4) is 0 Å². The Balaban J connectivity index is 2.36. The van der Waals surface area contributed by atoms with E-state index in [1.54, 1.807) is 43.4 Å². The van der Waals surface area contributed by atoms with Crippen molar-refractivity contribution in [3.05, 3.63) is 51.5 Å². The summed E-state index contributed by atoms with van der Waals surface area (Å²) in [5.41, 5.74) is 0.776. The largest absolute Gasteiger partial charge is 0.454 e. The van der Waals surface area contributed by atoms with E-state index < -0.39 is 0 Å². The Bertz CT molecular complexity index is 572. The molecule has 0 unspecified atom stereocenters. The number of halogens is 3. The monoisotopic (exact) mass is 301 g/mol. The van der Waals surface area contributed by atoms with Crippen LogP contribution in [0, 0.1) is 0 Å². The van der Waals surface area contributed by atoms with E-state index in [1.807, 2.05) is 0 Å². The predicted molar refractivity (Wildman–Crippen MR) is 77.5 cm³/mol. The van der Waals surface area contributed by atoms with Crippen LogP contribution in [0.2, 0.25) is 15.1 Å². The van der Waals surface area contributed by atoms with Crippen LogP contribution in [-0.4, -0.2) is 7.05 Å². The molecular formula is C13H10Cl3NO. The van der Waals surface area contributed by atoms with Gasteiger partial charge in [0.05, 0.1) is 10.7 Å². The third-order valence-corrected chi connectivity index (χ3v) is 3.11. The fourth-order valence-electron chi connectivity index (χ4n) is 1.46. The summed E-state index contributed by atoms with van der Waals surface area (Å²) in [4.78, 5) is 0. The van der Waals surface area contributed by atoms with Crippen molar-refractivity contribution in [3.63, 3.8) is 0 Å². The lowest BCUT2D eigenvalue weighted by Gasteiger charge is -2.12.